The zero-order valence-electron chi connectivity index (χ0n) is 22.9. The van der Waals surface area contributed by atoms with Gasteiger partial charge in [-0.2, -0.15) is 0 Å². The predicted molar refractivity (Wildman–Crippen MR) is 146 cm³/mol. The normalized spacial score (nSPS) is 16.8. The van der Waals surface area contributed by atoms with E-state index in [2.05, 4.69) is 47.0 Å². The highest BCUT2D eigenvalue weighted by Gasteiger charge is 2.39. The molecule has 0 saturated carbocycles. The number of halogens is 1. The van der Waals surface area contributed by atoms with Gasteiger partial charge in [0.15, 0.2) is 0 Å². The summed E-state index contributed by atoms with van der Waals surface area (Å²) in [7, 11) is 1.78. The van der Waals surface area contributed by atoms with E-state index in [4.69, 9.17) is 9.47 Å². The van der Waals surface area contributed by atoms with Crippen molar-refractivity contribution in [3.63, 3.8) is 0 Å². The lowest BCUT2D eigenvalue weighted by atomic mass is 9.81. The van der Waals surface area contributed by atoms with Gasteiger partial charge in [0.1, 0.15) is 17.5 Å². The standard InChI is InChI=1S/C28H37N5O4.ClH/c1-18(2)25-16-33(15-23-24(37-25)8-7-11-29-23)13-21-12-20(10-9-19(21)3)26(28(4,5)27(34)35)36-17-22-14-32(6)31-30-22;/h7-12,14,18,25-26H,13,15-17H2,1-6H3,(H,34,35);1H/t25-,26?;/m0./s1. The molecule has 0 aliphatic carbocycles. The Morgan fingerprint density at radius 3 is 2.71 bits per heavy atom. The van der Waals surface area contributed by atoms with Crippen LogP contribution in [0.5, 0.6) is 5.75 Å². The Morgan fingerprint density at radius 1 is 1.29 bits per heavy atom. The van der Waals surface area contributed by atoms with E-state index in [0.29, 0.717) is 24.7 Å². The molecule has 3 heterocycles. The quantitative estimate of drug-likeness (QED) is 0.413. The van der Waals surface area contributed by atoms with Gasteiger partial charge in [-0.1, -0.05) is 37.3 Å². The number of benzene rings is 1. The fourth-order valence-electron chi connectivity index (χ4n) is 4.58. The number of hydrogen-bond acceptors (Lipinski definition) is 7. The maximum absolute atomic E-state index is 12.2. The molecule has 2 atom stereocenters. The van der Waals surface area contributed by atoms with Gasteiger partial charge in [0, 0.05) is 32.9 Å². The molecule has 1 unspecified atom stereocenters. The van der Waals surface area contributed by atoms with Crippen LogP contribution in [0.25, 0.3) is 0 Å². The minimum absolute atomic E-state index is 0. The third-order valence-electron chi connectivity index (χ3n) is 7.01. The van der Waals surface area contributed by atoms with Gasteiger partial charge in [0.2, 0.25) is 0 Å². The number of pyridine rings is 1. The monoisotopic (exact) mass is 543 g/mol. The molecule has 38 heavy (non-hydrogen) atoms. The van der Waals surface area contributed by atoms with Gasteiger partial charge < -0.3 is 14.6 Å². The van der Waals surface area contributed by atoms with Crippen molar-refractivity contribution < 1.29 is 19.4 Å². The number of carboxylic acids is 1. The lowest BCUT2D eigenvalue weighted by Gasteiger charge is -2.31. The summed E-state index contributed by atoms with van der Waals surface area (Å²) in [5.41, 5.74) is 3.50. The molecule has 0 spiro atoms. The van der Waals surface area contributed by atoms with Crippen LogP contribution in [0.1, 0.15) is 61.9 Å². The molecule has 1 aromatic carbocycles. The summed E-state index contributed by atoms with van der Waals surface area (Å²) in [6.45, 7) is 12.1. The first-order chi connectivity index (χ1) is 17.5. The fourth-order valence-corrected chi connectivity index (χ4v) is 4.58. The van der Waals surface area contributed by atoms with E-state index in [1.54, 1.807) is 38.0 Å². The van der Waals surface area contributed by atoms with Crippen LogP contribution in [0.4, 0.5) is 0 Å². The third-order valence-corrected chi connectivity index (χ3v) is 7.01. The molecule has 1 N–H and O–H groups in total. The van der Waals surface area contributed by atoms with Crippen molar-refractivity contribution in [2.24, 2.45) is 18.4 Å². The molecule has 0 bridgehead atoms. The molecular formula is C28H38ClN5O4. The van der Waals surface area contributed by atoms with Crippen molar-refractivity contribution in [1.29, 1.82) is 0 Å². The molecule has 2 aromatic heterocycles. The van der Waals surface area contributed by atoms with Crippen molar-refractivity contribution in [3.05, 3.63) is 70.8 Å². The van der Waals surface area contributed by atoms with E-state index >= 15 is 0 Å². The summed E-state index contributed by atoms with van der Waals surface area (Å²) < 4.78 is 14.1. The van der Waals surface area contributed by atoms with E-state index in [-0.39, 0.29) is 25.1 Å². The topological polar surface area (TPSA) is 103 Å². The zero-order valence-corrected chi connectivity index (χ0v) is 23.7. The zero-order chi connectivity index (χ0) is 26.7. The van der Waals surface area contributed by atoms with Crippen molar-refractivity contribution in [1.82, 2.24) is 24.9 Å². The number of fused-ring (bicyclic) bond motifs is 1. The van der Waals surface area contributed by atoms with Gasteiger partial charge in [-0.25, -0.2) is 0 Å². The van der Waals surface area contributed by atoms with E-state index < -0.39 is 17.5 Å². The first-order valence-corrected chi connectivity index (χ1v) is 12.7. The highest BCUT2D eigenvalue weighted by Crippen LogP contribution is 2.38. The minimum Gasteiger partial charge on any atom is -0.487 e. The maximum Gasteiger partial charge on any atom is 0.312 e. The van der Waals surface area contributed by atoms with Gasteiger partial charge >= 0.3 is 5.97 Å². The van der Waals surface area contributed by atoms with Crippen LogP contribution in [-0.4, -0.2) is 48.6 Å². The molecule has 206 valence electrons. The van der Waals surface area contributed by atoms with Crippen LogP contribution in [0.15, 0.2) is 42.7 Å². The highest BCUT2D eigenvalue weighted by molar-refractivity contribution is 5.85. The van der Waals surface area contributed by atoms with E-state index in [1.165, 1.54) is 0 Å². The Balaban J connectivity index is 0.00000400. The van der Waals surface area contributed by atoms with Gasteiger partial charge in [0.05, 0.1) is 30.0 Å². The second-order valence-corrected chi connectivity index (χ2v) is 10.8. The minimum atomic E-state index is -1.16. The van der Waals surface area contributed by atoms with Crippen molar-refractivity contribution in [2.45, 2.75) is 66.5 Å². The highest BCUT2D eigenvalue weighted by atomic mass is 35.5. The summed E-state index contributed by atoms with van der Waals surface area (Å²) in [6, 6.07) is 9.98. The Hall–Kier alpha value is -3.01. The Labute approximate surface area is 230 Å². The molecule has 3 aromatic rings. The molecular weight excluding hydrogens is 506 g/mol. The fraction of sp³-hybridized carbons (Fsp3) is 0.500. The molecule has 1 aliphatic heterocycles. The number of aromatic nitrogens is 4. The summed E-state index contributed by atoms with van der Waals surface area (Å²) in [5.74, 6) is 0.261. The molecule has 0 radical (unpaired) electrons. The summed E-state index contributed by atoms with van der Waals surface area (Å²) in [6.07, 6.45) is 2.94. The first-order valence-electron chi connectivity index (χ1n) is 12.7. The molecule has 4 rings (SSSR count). The van der Waals surface area contributed by atoms with E-state index in [0.717, 1.165) is 34.7 Å². The number of carbonyl (C=O) groups is 1. The summed E-state index contributed by atoms with van der Waals surface area (Å²) in [5, 5.41) is 18.1. The number of hydrogen-bond donors (Lipinski definition) is 1. The average molecular weight is 544 g/mol. The molecule has 0 amide bonds. The van der Waals surface area contributed by atoms with Crippen LogP contribution in [0.3, 0.4) is 0 Å². The Kier molecular flexibility index (Phi) is 9.51. The van der Waals surface area contributed by atoms with Crippen molar-refractivity contribution >= 4 is 18.4 Å². The largest absolute Gasteiger partial charge is 0.487 e. The molecule has 0 fully saturated rings. The number of aliphatic carboxylic acids is 1. The second-order valence-electron chi connectivity index (χ2n) is 10.8. The van der Waals surface area contributed by atoms with Crippen LogP contribution in [0, 0.1) is 18.3 Å². The lowest BCUT2D eigenvalue weighted by Crippen LogP contribution is -2.36. The maximum atomic E-state index is 12.2. The molecule has 1 aliphatic rings. The van der Waals surface area contributed by atoms with Crippen molar-refractivity contribution in [3.8, 4) is 5.75 Å². The van der Waals surface area contributed by atoms with Gasteiger partial charge in [0.25, 0.3) is 0 Å². The van der Waals surface area contributed by atoms with Crippen LogP contribution in [0.2, 0.25) is 0 Å². The van der Waals surface area contributed by atoms with Crippen molar-refractivity contribution in [2.75, 3.05) is 6.54 Å². The van der Waals surface area contributed by atoms with E-state index in [1.807, 2.05) is 24.3 Å². The predicted octanol–water partition coefficient (Wildman–Crippen LogP) is 4.73. The summed E-state index contributed by atoms with van der Waals surface area (Å²) in [4.78, 5) is 19.2. The Morgan fingerprint density at radius 2 is 2.05 bits per heavy atom. The number of rotatable bonds is 9. The smallest absolute Gasteiger partial charge is 0.312 e. The summed E-state index contributed by atoms with van der Waals surface area (Å²) >= 11 is 0. The van der Waals surface area contributed by atoms with Gasteiger partial charge in [-0.05, 0) is 55.5 Å². The number of ether oxygens (including phenoxy) is 2. The van der Waals surface area contributed by atoms with Gasteiger partial charge in [-0.15, -0.1) is 17.5 Å². The Bertz CT molecular complexity index is 1250. The third kappa shape index (κ3) is 6.70. The van der Waals surface area contributed by atoms with Crippen LogP contribution >= 0.6 is 12.4 Å². The molecule has 10 heteroatoms. The number of carboxylic acid groups (broad SMARTS) is 1. The second kappa shape index (κ2) is 12.2. The number of nitrogens with zero attached hydrogens (tertiary/aromatic N) is 5. The lowest BCUT2D eigenvalue weighted by molar-refractivity contribution is -0.158. The van der Waals surface area contributed by atoms with E-state index in [9.17, 15) is 9.90 Å². The first kappa shape index (κ1) is 29.5. The SMILES string of the molecule is Cc1ccc(C(OCc2cn(C)nn2)C(C)(C)C(=O)O)cc1CN1Cc2ncccc2O[C@H](C(C)C)C1.Cl. The molecule has 9 nitrogen and oxygen atoms in total. The average Bonchev–Trinajstić information content (AvgIpc) is 3.16. The van der Waals surface area contributed by atoms with Crippen LogP contribution in [-0.2, 0) is 36.3 Å². The molecule has 0 saturated heterocycles. The van der Waals surface area contributed by atoms with Crippen LogP contribution < -0.4 is 4.74 Å². The number of aryl methyl sites for hydroxylation is 2. The van der Waals surface area contributed by atoms with Gasteiger partial charge in [-0.3, -0.25) is 19.4 Å².